The number of nitrogens with zero attached hydrogens (tertiary/aromatic N) is 1. The van der Waals surface area contributed by atoms with Crippen LogP contribution in [0.3, 0.4) is 0 Å². The summed E-state index contributed by atoms with van der Waals surface area (Å²) < 4.78 is 5.14. The van der Waals surface area contributed by atoms with Crippen molar-refractivity contribution < 1.29 is 24.2 Å². The van der Waals surface area contributed by atoms with Gasteiger partial charge < -0.3 is 14.7 Å². The minimum atomic E-state index is -0.987. The van der Waals surface area contributed by atoms with E-state index in [9.17, 15) is 19.5 Å². The van der Waals surface area contributed by atoms with Crippen molar-refractivity contribution in [2.24, 2.45) is 0 Å². The molecule has 1 aliphatic rings. The Morgan fingerprint density at radius 1 is 1.29 bits per heavy atom. The van der Waals surface area contributed by atoms with E-state index in [2.05, 4.69) is 5.32 Å². The number of esters is 1. The first-order valence-corrected chi connectivity index (χ1v) is 9.44. The van der Waals surface area contributed by atoms with Crippen molar-refractivity contribution in [1.82, 2.24) is 10.2 Å². The topological polar surface area (TPSA) is 95.9 Å². The zero-order chi connectivity index (χ0) is 19.8. The van der Waals surface area contributed by atoms with Gasteiger partial charge in [0, 0.05) is 36.1 Å². The predicted molar refractivity (Wildman–Crippen MR) is 106 cm³/mol. The molecule has 1 saturated heterocycles. The minimum Gasteiger partial charge on any atom is -0.480 e. The molecule has 0 unspecified atom stereocenters. The number of carboxylic acid groups (broad SMARTS) is 1. The molecule has 1 fully saturated rings. The second kappa shape index (κ2) is 12.2. The van der Waals surface area contributed by atoms with Crippen LogP contribution in [0.2, 0.25) is 0 Å². The summed E-state index contributed by atoms with van der Waals surface area (Å²) in [5.41, 5.74) is 1.10. The first kappa shape index (κ1) is 24.6. The number of hydrogen-bond donors (Lipinski definition) is 2. The number of carboxylic acids is 1. The fraction of sp³-hybridized carbons (Fsp3) is 0.550. The van der Waals surface area contributed by atoms with Gasteiger partial charge in [-0.1, -0.05) is 30.3 Å². The van der Waals surface area contributed by atoms with Crippen LogP contribution >= 0.6 is 0 Å². The van der Waals surface area contributed by atoms with Gasteiger partial charge in [0.15, 0.2) is 0 Å². The molecule has 0 aliphatic carbocycles. The van der Waals surface area contributed by atoms with Crippen LogP contribution in [0, 0.1) is 0 Å². The number of hydrogen-bond acceptors (Lipinski definition) is 5. The van der Waals surface area contributed by atoms with Crippen LogP contribution in [-0.4, -0.2) is 88.7 Å². The van der Waals surface area contributed by atoms with Crippen LogP contribution < -0.4 is 5.32 Å². The third kappa shape index (κ3) is 6.88. The Labute approximate surface area is 188 Å². The summed E-state index contributed by atoms with van der Waals surface area (Å²) in [5.74, 6) is -1.68. The van der Waals surface area contributed by atoms with Crippen molar-refractivity contribution in [3.8, 4) is 0 Å². The molecule has 0 saturated carbocycles. The molecule has 149 valence electrons. The summed E-state index contributed by atoms with van der Waals surface area (Å²) in [4.78, 5) is 37.7. The van der Waals surface area contributed by atoms with Crippen LogP contribution in [0.1, 0.15) is 38.7 Å². The van der Waals surface area contributed by atoms with Gasteiger partial charge in [-0.3, -0.25) is 14.9 Å². The predicted octanol–water partition coefficient (Wildman–Crippen LogP) is 1.22. The van der Waals surface area contributed by atoms with Crippen LogP contribution in [0.25, 0.3) is 0 Å². The van der Waals surface area contributed by atoms with Crippen LogP contribution in [-0.2, 0) is 25.5 Å². The number of benzene rings is 1. The van der Waals surface area contributed by atoms with Crippen molar-refractivity contribution in [1.29, 1.82) is 0 Å². The Morgan fingerprint density at radius 3 is 2.57 bits per heavy atom. The molecule has 2 rings (SSSR count). The van der Waals surface area contributed by atoms with Crippen molar-refractivity contribution in [3.05, 3.63) is 35.9 Å². The molecule has 1 aromatic rings. The molecule has 2 N–H and O–H groups in total. The Kier molecular flexibility index (Phi) is 10.7. The molecule has 1 aliphatic heterocycles. The van der Waals surface area contributed by atoms with E-state index < -0.39 is 30.1 Å². The molecule has 1 radical (unpaired) electrons. The third-order valence-corrected chi connectivity index (χ3v) is 4.78. The molecule has 8 heteroatoms. The van der Waals surface area contributed by atoms with E-state index >= 15 is 0 Å². The third-order valence-electron chi connectivity index (χ3n) is 4.78. The molecular weight excluding hydrogens is 371 g/mol. The van der Waals surface area contributed by atoms with E-state index in [0.29, 0.717) is 32.2 Å². The maximum absolute atomic E-state index is 12.7. The molecular formula is C20H28N2NaO5. The maximum atomic E-state index is 12.7. The van der Waals surface area contributed by atoms with Gasteiger partial charge in [0.1, 0.15) is 12.1 Å². The number of aryl methyl sites for hydroxylation is 1. The standard InChI is InChI=1S/C20H28N2O5.Na/c1-3-27-20(26)16(12-11-15-8-5-4-6-9-15)21-14(2)18(23)22-13-7-10-17(22)19(24)25;/h4-6,8-9,14,16-17,21H,3,7,10-13H2,1-2H3,(H,24,25);/t14-,16-,17-;/m0./s1. The van der Waals surface area contributed by atoms with E-state index in [4.69, 9.17) is 4.74 Å². The van der Waals surface area contributed by atoms with Crippen LogP contribution in [0.4, 0.5) is 0 Å². The molecule has 0 spiro atoms. The Hall–Kier alpha value is -1.41. The molecule has 1 aromatic carbocycles. The van der Waals surface area contributed by atoms with Crippen LogP contribution in [0.5, 0.6) is 0 Å². The molecule has 0 aromatic heterocycles. The minimum absolute atomic E-state index is 0. The van der Waals surface area contributed by atoms with Crippen molar-refractivity contribution in [3.63, 3.8) is 0 Å². The molecule has 1 amide bonds. The van der Waals surface area contributed by atoms with Crippen molar-refractivity contribution >= 4 is 47.4 Å². The van der Waals surface area contributed by atoms with Crippen molar-refractivity contribution in [2.75, 3.05) is 13.2 Å². The molecule has 28 heavy (non-hydrogen) atoms. The summed E-state index contributed by atoms with van der Waals surface area (Å²) >= 11 is 0. The fourth-order valence-corrected chi connectivity index (χ4v) is 3.38. The number of rotatable bonds is 9. The zero-order valence-electron chi connectivity index (χ0n) is 16.9. The van der Waals surface area contributed by atoms with Gasteiger partial charge in [-0.05, 0) is 45.1 Å². The number of nitrogens with one attached hydrogen (secondary N) is 1. The summed E-state index contributed by atoms with van der Waals surface area (Å²) in [5, 5.41) is 12.3. The second-order valence-corrected chi connectivity index (χ2v) is 6.75. The number of carbonyl (C=O) groups excluding carboxylic acids is 2. The van der Waals surface area contributed by atoms with E-state index in [-0.39, 0.29) is 42.1 Å². The van der Waals surface area contributed by atoms with Gasteiger partial charge in [-0.25, -0.2) is 4.79 Å². The molecule has 7 nitrogen and oxygen atoms in total. The van der Waals surface area contributed by atoms with Gasteiger partial charge in [0.2, 0.25) is 5.91 Å². The Morgan fingerprint density at radius 2 is 1.96 bits per heavy atom. The van der Waals surface area contributed by atoms with Gasteiger partial charge in [-0.15, -0.1) is 0 Å². The Bertz CT molecular complexity index is 655. The number of likely N-dealkylation sites (tertiary alicyclic amines) is 1. The number of carbonyl (C=O) groups is 3. The number of aliphatic carboxylic acids is 1. The van der Waals surface area contributed by atoms with Gasteiger partial charge in [0.25, 0.3) is 0 Å². The summed E-state index contributed by atoms with van der Waals surface area (Å²) in [6, 6.07) is 7.69. The van der Waals surface area contributed by atoms with E-state index in [0.717, 1.165) is 5.56 Å². The normalized spacial score (nSPS) is 18.1. The largest absolute Gasteiger partial charge is 0.480 e. The smallest absolute Gasteiger partial charge is 0.326 e. The molecule has 3 atom stereocenters. The summed E-state index contributed by atoms with van der Waals surface area (Å²) in [7, 11) is 0. The summed E-state index contributed by atoms with van der Waals surface area (Å²) in [6.45, 7) is 4.09. The van der Waals surface area contributed by atoms with Gasteiger partial charge in [-0.2, -0.15) is 0 Å². The molecule has 1 heterocycles. The average Bonchev–Trinajstić information content (AvgIpc) is 3.15. The zero-order valence-corrected chi connectivity index (χ0v) is 18.9. The quantitative estimate of drug-likeness (QED) is 0.479. The fourth-order valence-electron chi connectivity index (χ4n) is 3.38. The van der Waals surface area contributed by atoms with E-state index in [1.54, 1.807) is 13.8 Å². The SMILES string of the molecule is CCOC(=O)[C@H](CCc1ccccc1)N[C@@H](C)C(=O)N1CCC[C@H]1C(=O)O.[Na]. The van der Waals surface area contributed by atoms with Gasteiger partial charge in [0.05, 0.1) is 12.6 Å². The summed E-state index contributed by atoms with van der Waals surface area (Å²) in [6.07, 6.45) is 2.29. The Balaban J connectivity index is 0.00000392. The second-order valence-electron chi connectivity index (χ2n) is 6.75. The number of ether oxygens (including phenoxy) is 1. The van der Waals surface area contributed by atoms with Gasteiger partial charge >= 0.3 is 11.9 Å². The maximum Gasteiger partial charge on any atom is 0.326 e. The first-order chi connectivity index (χ1) is 12.9. The van der Waals surface area contributed by atoms with Crippen LogP contribution in [0.15, 0.2) is 30.3 Å². The number of amides is 1. The first-order valence-electron chi connectivity index (χ1n) is 9.44. The average molecular weight is 399 g/mol. The molecule has 0 bridgehead atoms. The van der Waals surface area contributed by atoms with E-state index in [1.807, 2.05) is 30.3 Å². The van der Waals surface area contributed by atoms with Crippen molar-refractivity contribution in [2.45, 2.75) is 57.7 Å². The monoisotopic (exact) mass is 399 g/mol. The van der Waals surface area contributed by atoms with E-state index in [1.165, 1.54) is 4.90 Å².